The third-order valence-electron chi connectivity index (χ3n) is 4.54. The number of unbranched alkanes of at least 4 members (excludes halogenated alkanes) is 2. The molecule has 3 rings (SSSR count). The van der Waals surface area contributed by atoms with Crippen LogP contribution in [-0.2, 0) is 13.1 Å². The summed E-state index contributed by atoms with van der Waals surface area (Å²) < 4.78 is 2.02. The molecule has 4 N–H and O–H groups in total. The Bertz CT molecular complexity index is 960. The number of halogens is 1. The number of aliphatic hydroxyl groups excluding tert-OH is 1. The summed E-state index contributed by atoms with van der Waals surface area (Å²) in [6, 6.07) is 5.22. The zero-order valence-electron chi connectivity index (χ0n) is 16.7. The Morgan fingerprint density at radius 2 is 2.03 bits per heavy atom. The molecular weight excluding hydrogens is 392 g/mol. The first kappa shape index (κ1) is 21.1. The van der Waals surface area contributed by atoms with E-state index in [2.05, 4.69) is 32.5 Å². The van der Waals surface area contributed by atoms with Crippen molar-refractivity contribution in [2.45, 2.75) is 52.3 Å². The SMILES string of the molecule is CCCCCn1cnc2c(NCc3cccc(Cl)c3O)nc(NCC(C)O)nc21. The molecule has 0 aliphatic heterocycles. The number of nitrogens with one attached hydrogen (secondary N) is 2. The minimum atomic E-state index is -0.524. The lowest BCUT2D eigenvalue weighted by Gasteiger charge is -2.12. The number of imidazole rings is 1. The molecule has 2 heterocycles. The maximum atomic E-state index is 10.1. The van der Waals surface area contributed by atoms with Gasteiger partial charge in [0.15, 0.2) is 17.0 Å². The van der Waals surface area contributed by atoms with E-state index in [4.69, 9.17) is 11.6 Å². The number of fused-ring (bicyclic) bond motifs is 1. The van der Waals surface area contributed by atoms with Crippen LogP contribution in [0.15, 0.2) is 24.5 Å². The van der Waals surface area contributed by atoms with Crippen LogP contribution in [0.25, 0.3) is 11.2 Å². The number of aromatic hydroxyl groups is 1. The maximum absolute atomic E-state index is 10.1. The zero-order chi connectivity index (χ0) is 20.8. The fourth-order valence-corrected chi connectivity index (χ4v) is 3.16. The van der Waals surface area contributed by atoms with Crippen molar-refractivity contribution in [1.29, 1.82) is 0 Å². The average Bonchev–Trinajstić information content (AvgIpc) is 3.10. The van der Waals surface area contributed by atoms with Crippen LogP contribution in [0.3, 0.4) is 0 Å². The van der Waals surface area contributed by atoms with Crippen LogP contribution < -0.4 is 10.6 Å². The van der Waals surface area contributed by atoms with E-state index in [1.54, 1.807) is 31.5 Å². The monoisotopic (exact) mass is 418 g/mol. The van der Waals surface area contributed by atoms with E-state index >= 15 is 0 Å². The van der Waals surface area contributed by atoms with Gasteiger partial charge >= 0.3 is 0 Å². The minimum Gasteiger partial charge on any atom is -0.506 e. The Morgan fingerprint density at radius 1 is 1.21 bits per heavy atom. The van der Waals surface area contributed by atoms with Crippen molar-refractivity contribution < 1.29 is 10.2 Å². The zero-order valence-corrected chi connectivity index (χ0v) is 17.4. The van der Waals surface area contributed by atoms with Crippen LogP contribution in [-0.4, -0.2) is 42.4 Å². The van der Waals surface area contributed by atoms with Gasteiger partial charge in [0.2, 0.25) is 5.95 Å². The van der Waals surface area contributed by atoms with Gasteiger partial charge in [0.25, 0.3) is 0 Å². The number of aliphatic hydroxyl groups is 1. The van der Waals surface area contributed by atoms with Crippen molar-refractivity contribution in [2.24, 2.45) is 0 Å². The normalized spacial score (nSPS) is 12.3. The highest BCUT2D eigenvalue weighted by molar-refractivity contribution is 6.32. The molecule has 0 fully saturated rings. The highest BCUT2D eigenvalue weighted by Crippen LogP contribution is 2.28. The van der Waals surface area contributed by atoms with E-state index in [0.29, 0.717) is 41.0 Å². The van der Waals surface area contributed by atoms with Gasteiger partial charge < -0.3 is 25.4 Å². The summed E-state index contributed by atoms with van der Waals surface area (Å²) >= 11 is 6.00. The average molecular weight is 419 g/mol. The number of hydrogen-bond donors (Lipinski definition) is 4. The first-order chi connectivity index (χ1) is 14.0. The van der Waals surface area contributed by atoms with Crippen molar-refractivity contribution >= 4 is 34.5 Å². The van der Waals surface area contributed by atoms with Gasteiger partial charge in [0, 0.05) is 25.2 Å². The first-order valence-corrected chi connectivity index (χ1v) is 10.2. The minimum absolute atomic E-state index is 0.0458. The van der Waals surface area contributed by atoms with Gasteiger partial charge in [-0.2, -0.15) is 9.97 Å². The summed E-state index contributed by atoms with van der Waals surface area (Å²) in [4.78, 5) is 13.6. The molecule has 0 amide bonds. The quantitative estimate of drug-likeness (QED) is 0.371. The molecule has 1 atom stereocenters. The second-order valence-corrected chi connectivity index (χ2v) is 7.45. The lowest BCUT2D eigenvalue weighted by Crippen LogP contribution is -2.17. The number of aryl methyl sites for hydroxylation is 1. The van der Waals surface area contributed by atoms with Crippen LogP contribution in [0.5, 0.6) is 5.75 Å². The third kappa shape index (κ3) is 5.27. The molecule has 0 spiro atoms. The summed E-state index contributed by atoms with van der Waals surface area (Å²) in [5.74, 6) is 1.01. The Balaban J connectivity index is 1.89. The topological polar surface area (TPSA) is 108 Å². The smallest absolute Gasteiger partial charge is 0.226 e. The number of anilines is 2. The standard InChI is InChI=1S/C20H27ClN6O2/c1-3-4-5-9-27-12-24-16-18(22-11-14-7-6-8-15(21)17(14)29)25-20(26-19(16)27)23-10-13(2)28/h6-8,12-13,28-29H,3-5,9-11H2,1-2H3,(H2,22,23,25,26). The molecule has 0 radical (unpaired) electrons. The molecule has 0 aliphatic rings. The highest BCUT2D eigenvalue weighted by atomic mass is 35.5. The van der Waals surface area contributed by atoms with Crippen molar-refractivity contribution in [3.05, 3.63) is 35.1 Å². The molecular formula is C20H27ClN6O2. The second-order valence-electron chi connectivity index (χ2n) is 7.04. The van der Waals surface area contributed by atoms with Gasteiger partial charge in [0.1, 0.15) is 5.75 Å². The summed E-state index contributed by atoms with van der Waals surface area (Å²) in [5.41, 5.74) is 2.04. The fraction of sp³-hybridized carbons (Fsp3) is 0.450. The van der Waals surface area contributed by atoms with E-state index in [9.17, 15) is 10.2 Å². The number of aromatic nitrogens is 4. The van der Waals surface area contributed by atoms with Crippen molar-refractivity contribution in [3.8, 4) is 5.75 Å². The summed E-state index contributed by atoms with van der Waals surface area (Å²) in [5, 5.41) is 26.3. The van der Waals surface area contributed by atoms with E-state index in [0.717, 1.165) is 31.5 Å². The molecule has 0 bridgehead atoms. The first-order valence-electron chi connectivity index (χ1n) is 9.84. The van der Waals surface area contributed by atoms with Crippen molar-refractivity contribution in [2.75, 3.05) is 17.2 Å². The van der Waals surface area contributed by atoms with Crippen molar-refractivity contribution in [1.82, 2.24) is 19.5 Å². The lowest BCUT2D eigenvalue weighted by atomic mass is 10.2. The molecule has 9 heteroatoms. The number of benzene rings is 1. The van der Waals surface area contributed by atoms with Crippen LogP contribution in [0.2, 0.25) is 5.02 Å². The van der Waals surface area contributed by atoms with Gasteiger partial charge in [-0.25, -0.2) is 4.98 Å². The van der Waals surface area contributed by atoms with Crippen LogP contribution in [0.1, 0.15) is 38.7 Å². The molecule has 1 unspecified atom stereocenters. The van der Waals surface area contributed by atoms with Gasteiger partial charge in [-0.15, -0.1) is 0 Å². The number of phenolic OH excluding ortho intramolecular Hbond substituents is 1. The van der Waals surface area contributed by atoms with E-state index < -0.39 is 6.10 Å². The van der Waals surface area contributed by atoms with Gasteiger partial charge in [0.05, 0.1) is 17.5 Å². The number of hydrogen-bond acceptors (Lipinski definition) is 7. The number of rotatable bonds is 10. The predicted molar refractivity (Wildman–Crippen MR) is 115 cm³/mol. The Morgan fingerprint density at radius 3 is 2.79 bits per heavy atom. The predicted octanol–water partition coefficient (Wildman–Crippen LogP) is 3.78. The molecule has 3 aromatic rings. The van der Waals surface area contributed by atoms with Crippen LogP contribution >= 0.6 is 11.6 Å². The largest absolute Gasteiger partial charge is 0.506 e. The third-order valence-corrected chi connectivity index (χ3v) is 4.84. The number of para-hydroxylation sites is 1. The summed E-state index contributed by atoms with van der Waals surface area (Å²) in [6.07, 6.45) is 4.57. The van der Waals surface area contributed by atoms with Gasteiger partial charge in [-0.1, -0.05) is 43.5 Å². The Kier molecular flexibility index (Phi) is 7.11. The molecule has 0 saturated heterocycles. The summed E-state index contributed by atoms with van der Waals surface area (Å²) in [7, 11) is 0. The fourth-order valence-electron chi connectivity index (χ4n) is 2.96. The Labute approximate surface area is 175 Å². The molecule has 2 aromatic heterocycles. The van der Waals surface area contributed by atoms with Crippen LogP contribution in [0, 0.1) is 0 Å². The van der Waals surface area contributed by atoms with E-state index in [1.807, 2.05) is 4.57 Å². The second kappa shape index (κ2) is 9.76. The summed E-state index contributed by atoms with van der Waals surface area (Å²) in [6.45, 7) is 5.36. The van der Waals surface area contributed by atoms with Gasteiger partial charge in [-0.3, -0.25) is 0 Å². The van der Waals surface area contributed by atoms with E-state index in [-0.39, 0.29) is 5.75 Å². The molecule has 1 aromatic carbocycles. The van der Waals surface area contributed by atoms with Crippen LogP contribution in [0.4, 0.5) is 11.8 Å². The van der Waals surface area contributed by atoms with Crippen molar-refractivity contribution in [3.63, 3.8) is 0 Å². The molecule has 0 aliphatic carbocycles. The molecule has 8 nitrogen and oxygen atoms in total. The molecule has 156 valence electrons. The van der Waals surface area contributed by atoms with E-state index in [1.165, 1.54) is 0 Å². The maximum Gasteiger partial charge on any atom is 0.226 e. The molecule has 29 heavy (non-hydrogen) atoms. The highest BCUT2D eigenvalue weighted by Gasteiger charge is 2.14. The molecule has 0 saturated carbocycles. The number of nitrogens with zero attached hydrogens (tertiary/aromatic N) is 4. The Hall–Kier alpha value is -2.58. The van der Waals surface area contributed by atoms with Gasteiger partial charge in [-0.05, 0) is 19.4 Å². The lowest BCUT2D eigenvalue weighted by molar-refractivity contribution is 0.208. The number of phenols is 1.